The van der Waals surface area contributed by atoms with Gasteiger partial charge in [0.1, 0.15) is 0 Å². The molecule has 0 aliphatic heterocycles. The fourth-order valence-corrected chi connectivity index (χ4v) is 3.89. The lowest BCUT2D eigenvalue weighted by atomic mass is 9.94. The minimum absolute atomic E-state index is 0.973. The summed E-state index contributed by atoms with van der Waals surface area (Å²) in [5, 5.41) is 2.50. The molecule has 3 nitrogen and oxygen atoms in total. The van der Waals surface area contributed by atoms with Crippen LogP contribution in [0.25, 0.3) is 38.6 Å². The highest BCUT2D eigenvalue weighted by molar-refractivity contribution is 6.17. The fraction of sp³-hybridized carbons (Fsp3) is 0.0952. The zero-order valence-electron chi connectivity index (χ0n) is 13.7. The van der Waals surface area contributed by atoms with Crippen LogP contribution in [0.2, 0.25) is 0 Å². The van der Waals surface area contributed by atoms with Crippen LogP contribution in [0.15, 0.2) is 61.1 Å². The summed E-state index contributed by atoms with van der Waals surface area (Å²) in [6.45, 7) is 4.36. The quantitative estimate of drug-likeness (QED) is 0.450. The third-order valence-electron chi connectivity index (χ3n) is 4.93. The monoisotopic (exact) mass is 311 g/mol. The van der Waals surface area contributed by atoms with Crippen molar-refractivity contribution in [1.29, 1.82) is 0 Å². The topological polar surface area (TPSA) is 33.1 Å². The van der Waals surface area contributed by atoms with Crippen LogP contribution < -0.4 is 0 Å². The Balaban J connectivity index is 2.05. The van der Waals surface area contributed by atoms with E-state index in [0.29, 0.717) is 0 Å². The maximum absolute atomic E-state index is 4.58. The average molecular weight is 311 g/mol. The largest absolute Gasteiger partial charge is 0.358 e. The molecule has 5 aromatic rings. The Morgan fingerprint density at radius 2 is 1.75 bits per heavy atom. The lowest BCUT2D eigenvalue weighted by Crippen LogP contribution is -1.91. The molecular formula is C21H17N3. The average Bonchev–Trinajstić information content (AvgIpc) is 3.22. The molecule has 5 rings (SSSR count). The highest BCUT2D eigenvalue weighted by Gasteiger charge is 2.17. The second-order valence-corrected chi connectivity index (χ2v) is 6.36. The summed E-state index contributed by atoms with van der Waals surface area (Å²) in [5.74, 6) is 0. The molecule has 1 N–H and O–H groups in total. The van der Waals surface area contributed by atoms with Gasteiger partial charge in [0, 0.05) is 34.9 Å². The van der Waals surface area contributed by atoms with Crippen LogP contribution in [0.5, 0.6) is 0 Å². The summed E-state index contributed by atoms with van der Waals surface area (Å²) >= 11 is 0. The number of nitrogens with zero attached hydrogens (tertiary/aromatic N) is 2. The van der Waals surface area contributed by atoms with E-state index in [0.717, 1.165) is 11.2 Å². The number of benzene rings is 2. The fourth-order valence-electron chi connectivity index (χ4n) is 3.89. The van der Waals surface area contributed by atoms with Gasteiger partial charge in [-0.05, 0) is 36.6 Å². The van der Waals surface area contributed by atoms with Crippen LogP contribution in [0.1, 0.15) is 11.1 Å². The Hall–Kier alpha value is -3.07. The highest BCUT2D eigenvalue weighted by Crippen LogP contribution is 2.38. The van der Waals surface area contributed by atoms with E-state index >= 15 is 0 Å². The number of hydrogen-bond donors (Lipinski definition) is 1. The molecule has 0 aliphatic rings. The molecule has 0 saturated carbocycles. The van der Waals surface area contributed by atoms with Crippen LogP contribution in [0.4, 0.5) is 0 Å². The van der Waals surface area contributed by atoms with Crippen LogP contribution in [-0.2, 0) is 0 Å². The molecule has 0 unspecified atom stereocenters. The lowest BCUT2D eigenvalue weighted by molar-refractivity contribution is 1.26. The van der Waals surface area contributed by atoms with Crippen molar-refractivity contribution in [2.24, 2.45) is 0 Å². The molecule has 24 heavy (non-hydrogen) atoms. The van der Waals surface area contributed by atoms with E-state index in [9.17, 15) is 0 Å². The maximum Gasteiger partial charge on any atom is 0.161 e. The molecule has 0 radical (unpaired) electrons. The summed E-state index contributed by atoms with van der Waals surface area (Å²) in [5.41, 5.74) is 8.40. The van der Waals surface area contributed by atoms with Crippen molar-refractivity contribution >= 4 is 27.5 Å². The number of aromatic amines is 1. The zero-order valence-corrected chi connectivity index (χ0v) is 13.7. The van der Waals surface area contributed by atoms with Gasteiger partial charge in [-0.1, -0.05) is 36.4 Å². The van der Waals surface area contributed by atoms with E-state index in [1.165, 1.54) is 38.5 Å². The first-order valence-electron chi connectivity index (χ1n) is 8.17. The number of pyridine rings is 1. The van der Waals surface area contributed by atoms with Gasteiger partial charge in [0.2, 0.25) is 0 Å². The van der Waals surface area contributed by atoms with Crippen molar-refractivity contribution in [2.45, 2.75) is 13.8 Å². The summed E-state index contributed by atoms with van der Waals surface area (Å²) in [4.78, 5) is 8.06. The zero-order chi connectivity index (χ0) is 16.3. The van der Waals surface area contributed by atoms with Crippen LogP contribution in [-0.4, -0.2) is 14.4 Å². The van der Waals surface area contributed by atoms with Crippen molar-refractivity contribution < 1.29 is 0 Å². The van der Waals surface area contributed by atoms with Gasteiger partial charge in [0.05, 0.1) is 11.0 Å². The van der Waals surface area contributed by atoms with Crippen molar-refractivity contribution in [1.82, 2.24) is 14.4 Å². The second kappa shape index (κ2) is 4.71. The Morgan fingerprint density at radius 3 is 2.58 bits per heavy atom. The van der Waals surface area contributed by atoms with Gasteiger partial charge in [0.15, 0.2) is 5.65 Å². The Labute approximate surface area is 139 Å². The van der Waals surface area contributed by atoms with Crippen LogP contribution in [0, 0.1) is 13.8 Å². The predicted molar refractivity (Wildman–Crippen MR) is 99.5 cm³/mol. The molecular weight excluding hydrogens is 294 g/mol. The molecule has 0 spiro atoms. The van der Waals surface area contributed by atoms with E-state index in [2.05, 4.69) is 76.9 Å². The number of aromatic nitrogens is 3. The van der Waals surface area contributed by atoms with E-state index in [-0.39, 0.29) is 0 Å². The molecule has 0 saturated heterocycles. The molecule has 0 fully saturated rings. The van der Waals surface area contributed by atoms with Gasteiger partial charge in [-0.3, -0.25) is 4.40 Å². The van der Waals surface area contributed by atoms with Crippen molar-refractivity contribution in [3.63, 3.8) is 0 Å². The number of rotatable bonds is 1. The Kier molecular flexibility index (Phi) is 2.63. The molecule has 3 aromatic heterocycles. The number of imidazole rings is 1. The van der Waals surface area contributed by atoms with E-state index in [1.54, 1.807) is 0 Å². The number of hydrogen-bond acceptors (Lipinski definition) is 1. The van der Waals surface area contributed by atoms with Crippen molar-refractivity contribution in [2.75, 3.05) is 0 Å². The smallest absolute Gasteiger partial charge is 0.161 e. The Bertz CT molecular complexity index is 1200. The summed E-state index contributed by atoms with van der Waals surface area (Å²) < 4.78 is 2.16. The first-order valence-corrected chi connectivity index (χ1v) is 8.17. The molecule has 3 heteroatoms. The van der Waals surface area contributed by atoms with Gasteiger partial charge in [-0.25, -0.2) is 4.98 Å². The molecule has 3 heterocycles. The number of fused-ring (bicyclic) bond motifs is 6. The summed E-state index contributed by atoms with van der Waals surface area (Å²) in [7, 11) is 0. The molecule has 116 valence electrons. The summed E-state index contributed by atoms with van der Waals surface area (Å²) in [6.07, 6.45) is 6.01. The molecule has 2 aromatic carbocycles. The third kappa shape index (κ3) is 1.64. The first kappa shape index (κ1) is 13.4. The van der Waals surface area contributed by atoms with E-state index in [4.69, 9.17) is 0 Å². The maximum atomic E-state index is 4.58. The van der Waals surface area contributed by atoms with Crippen molar-refractivity contribution in [3.05, 3.63) is 72.2 Å². The first-order chi connectivity index (χ1) is 11.8. The number of aryl methyl sites for hydroxylation is 2. The van der Waals surface area contributed by atoms with Gasteiger partial charge >= 0.3 is 0 Å². The second-order valence-electron chi connectivity index (χ2n) is 6.36. The minimum Gasteiger partial charge on any atom is -0.358 e. The van der Waals surface area contributed by atoms with Gasteiger partial charge in [-0.15, -0.1) is 0 Å². The normalized spacial score (nSPS) is 11.8. The van der Waals surface area contributed by atoms with Crippen LogP contribution >= 0.6 is 0 Å². The van der Waals surface area contributed by atoms with Gasteiger partial charge in [0.25, 0.3) is 0 Å². The molecule has 0 aliphatic carbocycles. The van der Waals surface area contributed by atoms with Crippen LogP contribution in [0.3, 0.4) is 0 Å². The predicted octanol–water partition coefficient (Wildman–Crippen LogP) is 5.25. The SMILES string of the molecule is Cc1cccc(C)c1-c1c[nH]c2c1c1ccccc1n1ccnc21. The number of nitrogens with one attached hydrogen (secondary N) is 1. The molecule has 0 atom stereocenters. The summed E-state index contributed by atoms with van der Waals surface area (Å²) in [6, 6.07) is 15.0. The van der Waals surface area contributed by atoms with E-state index in [1.807, 2.05) is 12.4 Å². The molecule has 0 amide bonds. The van der Waals surface area contributed by atoms with E-state index < -0.39 is 0 Å². The molecule has 0 bridgehead atoms. The van der Waals surface area contributed by atoms with Gasteiger partial charge in [-0.2, -0.15) is 0 Å². The van der Waals surface area contributed by atoms with Crippen molar-refractivity contribution in [3.8, 4) is 11.1 Å². The minimum atomic E-state index is 0.973. The highest BCUT2D eigenvalue weighted by atomic mass is 15.0. The Morgan fingerprint density at radius 1 is 0.958 bits per heavy atom. The lowest BCUT2D eigenvalue weighted by Gasteiger charge is -2.11. The standard InChI is InChI=1S/C21H17N3/c1-13-6-5-7-14(2)18(13)16-12-23-20-19(16)15-8-3-4-9-17(15)24-11-10-22-21(20)24/h3-12,23H,1-2H3. The van der Waals surface area contributed by atoms with Gasteiger partial charge < -0.3 is 4.98 Å². The number of H-pyrrole nitrogens is 1. The number of para-hydroxylation sites is 1. The third-order valence-corrected chi connectivity index (χ3v) is 4.93.